The van der Waals surface area contributed by atoms with Crippen LogP contribution in [0.15, 0.2) is 0 Å². The fraction of sp³-hybridized carbons (Fsp3) is 0.923. The molecule has 0 heterocycles. The van der Waals surface area contributed by atoms with Crippen LogP contribution in [-0.4, -0.2) is 31.2 Å². The van der Waals surface area contributed by atoms with Crippen LogP contribution >= 0.6 is 0 Å². The first kappa shape index (κ1) is 14.6. The molecule has 0 radical (unpaired) electrons. The summed E-state index contributed by atoms with van der Waals surface area (Å²) in [6.45, 7) is 0.570. The Morgan fingerprint density at radius 2 is 2.05 bits per heavy atom. The van der Waals surface area contributed by atoms with Gasteiger partial charge in [-0.05, 0) is 43.9 Å². The molecule has 2 saturated carbocycles. The van der Waals surface area contributed by atoms with E-state index < -0.39 is 12.7 Å². The van der Waals surface area contributed by atoms with E-state index in [0.717, 1.165) is 12.3 Å². The molecule has 2 bridgehead atoms. The van der Waals surface area contributed by atoms with Crippen LogP contribution in [0.2, 0.25) is 0 Å². The Hall–Kier alpha value is -0.780. The molecular weight excluding hydrogens is 257 g/mol. The zero-order chi connectivity index (χ0) is 14.0. The van der Waals surface area contributed by atoms with Crippen molar-refractivity contribution in [2.45, 2.75) is 44.8 Å². The van der Waals surface area contributed by atoms with Crippen molar-refractivity contribution in [3.63, 3.8) is 0 Å². The third-order valence-corrected chi connectivity index (χ3v) is 4.43. The molecule has 0 aromatic rings. The SMILES string of the molecule is CC(NC(=O)CNCC(F)(F)F)C1CC2CCC1C2. The summed E-state index contributed by atoms with van der Waals surface area (Å²) in [6.07, 6.45) is 0.687. The van der Waals surface area contributed by atoms with Crippen molar-refractivity contribution in [1.29, 1.82) is 0 Å². The Morgan fingerprint density at radius 3 is 2.58 bits per heavy atom. The minimum Gasteiger partial charge on any atom is -0.352 e. The topological polar surface area (TPSA) is 41.1 Å². The van der Waals surface area contributed by atoms with Gasteiger partial charge in [0.25, 0.3) is 0 Å². The Bertz CT molecular complexity index is 332. The number of hydrogen-bond acceptors (Lipinski definition) is 2. The molecule has 1 amide bonds. The van der Waals surface area contributed by atoms with Gasteiger partial charge in [-0.2, -0.15) is 13.2 Å². The summed E-state index contributed by atoms with van der Waals surface area (Å²) in [6, 6.07) is 0.0653. The lowest BCUT2D eigenvalue weighted by Gasteiger charge is -2.28. The van der Waals surface area contributed by atoms with Crippen LogP contribution < -0.4 is 10.6 Å². The zero-order valence-electron chi connectivity index (χ0n) is 11.1. The van der Waals surface area contributed by atoms with Crippen molar-refractivity contribution in [2.75, 3.05) is 13.1 Å². The van der Waals surface area contributed by atoms with Crippen molar-refractivity contribution < 1.29 is 18.0 Å². The maximum atomic E-state index is 11.9. The second-order valence-corrected chi connectivity index (χ2v) is 5.91. The van der Waals surface area contributed by atoms with Crippen LogP contribution in [0.25, 0.3) is 0 Å². The summed E-state index contributed by atoms with van der Waals surface area (Å²) in [5.41, 5.74) is 0. The highest BCUT2D eigenvalue weighted by Gasteiger charge is 2.42. The van der Waals surface area contributed by atoms with Crippen molar-refractivity contribution in [1.82, 2.24) is 10.6 Å². The second kappa shape index (κ2) is 5.69. The molecule has 0 aliphatic heterocycles. The molecule has 6 heteroatoms. The average molecular weight is 278 g/mol. The van der Waals surface area contributed by atoms with Crippen LogP contribution in [0.1, 0.15) is 32.6 Å². The van der Waals surface area contributed by atoms with Gasteiger partial charge < -0.3 is 10.6 Å². The highest BCUT2D eigenvalue weighted by Crippen LogP contribution is 2.49. The Morgan fingerprint density at radius 1 is 1.32 bits per heavy atom. The van der Waals surface area contributed by atoms with Gasteiger partial charge >= 0.3 is 6.18 Å². The number of rotatable bonds is 5. The first-order valence-corrected chi connectivity index (χ1v) is 6.92. The van der Waals surface area contributed by atoms with Crippen LogP contribution in [0.5, 0.6) is 0 Å². The Kier molecular flexibility index (Phi) is 4.38. The molecule has 0 aromatic carbocycles. The molecule has 4 unspecified atom stereocenters. The molecular formula is C13H21F3N2O. The van der Waals surface area contributed by atoms with E-state index in [9.17, 15) is 18.0 Å². The van der Waals surface area contributed by atoms with Gasteiger partial charge in [0.05, 0.1) is 13.1 Å². The van der Waals surface area contributed by atoms with Crippen LogP contribution in [0.4, 0.5) is 13.2 Å². The van der Waals surface area contributed by atoms with Crippen molar-refractivity contribution in [3.05, 3.63) is 0 Å². The van der Waals surface area contributed by atoms with Gasteiger partial charge in [-0.25, -0.2) is 0 Å². The third-order valence-electron chi connectivity index (χ3n) is 4.43. The number of halogens is 3. The van der Waals surface area contributed by atoms with E-state index in [4.69, 9.17) is 0 Å². The lowest BCUT2D eigenvalue weighted by atomic mass is 9.84. The molecule has 0 saturated heterocycles. The fourth-order valence-electron chi connectivity index (χ4n) is 3.64. The lowest BCUT2D eigenvalue weighted by molar-refractivity contribution is -0.128. The van der Waals surface area contributed by atoms with Crippen LogP contribution in [-0.2, 0) is 4.79 Å². The molecule has 2 N–H and O–H groups in total. The highest BCUT2D eigenvalue weighted by atomic mass is 19.4. The monoisotopic (exact) mass is 278 g/mol. The summed E-state index contributed by atoms with van der Waals surface area (Å²) < 4.78 is 35.8. The number of hydrogen-bond donors (Lipinski definition) is 2. The molecule has 19 heavy (non-hydrogen) atoms. The molecule has 0 spiro atoms. The first-order chi connectivity index (χ1) is 8.85. The van der Waals surface area contributed by atoms with E-state index in [-0.39, 0.29) is 18.5 Å². The van der Waals surface area contributed by atoms with Crippen LogP contribution in [0.3, 0.4) is 0 Å². The van der Waals surface area contributed by atoms with E-state index in [2.05, 4.69) is 10.6 Å². The molecule has 2 fully saturated rings. The third kappa shape index (κ3) is 4.09. The van der Waals surface area contributed by atoms with E-state index in [0.29, 0.717) is 11.8 Å². The van der Waals surface area contributed by atoms with Gasteiger partial charge in [0.1, 0.15) is 0 Å². The standard InChI is InChI=1S/C13H21F3N2O/c1-8(11-5-9-2-3-10(11)4-9)18-12(19)6-17-7-13(14,15)16/h8-11,17H,2-7H2,1H3,(H,18,19). The molecule has 110 valence electrons. The highest BCUT2D eigenvalue weighted by molar-refractivity contribution is 5.78. The smallest absolute Gasteiger partial charge is 0.352 e. The number of carbonyl (C=O) groups excluding carboxylic acids is 1. The molecule has 4 atom stereocenters. The van der Waals surface area contributed by atoms with E-state index in [1.807, 2.05) is 6.92 Å². The summed E-state index contributed by atoms with van der Waals surface area (Å²) in [4.78, 5) is 11.6. The zero-order valence-corrected chi connectivity index (χ0v) is 11.1. The molecule has 2 rings (SSSR count). The number of nitrogens with one attached hydrogen (secondary N) is 2. The van der Waals surface area contributed by atoms with Crippen molar-refractivity contribution in [2.24, 2.45) is 17.8 Å². The largest absolute Gasteiger partial charge is 0.401 e. The number of alkyl halides is 3. The van der Waals surface area contributed by atoms with Crippen LogP contribution in [0, 0.1) is 17.8 Å². The Labute approximate surface area is 111 Å². The van der Waals surface area contributed by atoms with Gasteiger partial charge in [-0.3, -0.25) is 4.79 Å². The normalized spacial score (nSPS) is 31.5. The first-order valence-electron chi connectivity index (χ1n) is 6.92. The minimum absolute atomic E-state index is 0.0653. The average Bonchev–Trinajstić information content (AvgIpc) is 2.88. The van der Waals surface area contributed by atoms with E-state index >= 15 is 0 Å². The summed E-state index contributed by atoms with van der Waals surface area (Å²) in [5, 5.41) is 4.94. The number of amides is 1. The number of fused-ring (bicyclic) bond motifs is 2. The van der Waals surface area contributed by atoms with E-state index in [1.54, 1.807) is 0 Å². The van der Waals surface area contributed by atoms with Crippen molar-refractivity contribution in [3.8, 4) is 0 Å². The predicted molar refractivity (Wildman–Crippen MR) is 65.5 cm³/mol. The van der Waals surface area contributed by atoms with Crippen molar-refractivity contribution >= 4 is 5.91 Å². The minimum atomic E-state index is -4.27. The fourth-order valence-corrected chi connectivity index (χ4v) is 3.64. The van der Waals surface area contributed by atoms with Gasteiger partial charge in [0, 0.05) is 6.04 Å². The summed E-state index contributed by atoms with van der Waals surface area (Å²) in [5.74, 6) is 1.66. The van der Waals surface area contributed by atoms with Gasteiger partial charge in [0.15, 0.2) is 0 Å². The maximum Gasteiger partial charge on any atom is 0.401 e. The molecule has 3 nitrogen and oxygen atoms in total. The Balaban J connectivity index is 1.67. The van der Waals surface area contributed by atoms with Gasteiger partial charge in [0.2, 0.25) is 5.91 Å². The molecule has 2 aliphatic rings. The van der Waals surface area contributed by atoms with Gasteiger partial charge in [-0.1, -0.05) is 6.42 Å². The molecule has 2 aliphatic carbocycles. The summed E-state index contributed by atoms with van der Waals surface area (Å²) in [7, 11) is 0. The van der Waals surface area contributed by atoms with Gasteiger partial charge in [-0.15, -0.1) is 0 Å². The molecule has 0 aromatic heterocycles. The summed E-state index contributed by atoms with van der Waals surface area (Å²) >= 11 is 0. The maximum absolute atomic E-state index is 11.9. The quantitative estimate of drug-likeness (QED) is 0.808. The second-order valence-electron chi connectivity index (χ2n) is 5.91. The van der Waals surface area contributed by atoms with E-state index in [1.165, 1.54) is 19.3 Å². The number of carbonyl (C=O) groups is 1. The predicted octanol–water partition coefficient (Wildman–Crippen LogP) is 2.08. The lowest BCUT2D eigenvalue weighted by Crippen LogP contribution is -2.45.